The summed E-state index contributed by atoms with van der Waals surface area (Å²) in [4.78, 5) is 0. The summed E-state index contributed by atoms with van der Waals surface area (Å²) in [5, 5.41) is 3.38. The second-order valence-corrected chi connectivity index (χ2v) is 6.04. The minimum Gasteiger partial charge on any atom is -0.306 e. The Morgan fingerprint density at radius 2 is 1.52 bits per heavy atom. The summed E-state index contributed by atoms with van der Waals surface area (Å²) in [5.41, 5.74) is 3.32. The predicted molar refractivity (Wildman–Crippen MR) is 86.6 cm³/mol. The molecule has 0 saturated carbocycles. The summed E-state index contributed by atoms with van der Waals surface area (Å²) < 4.78 is 13.7. The van der Waals surface area contributed by atoms with Gasteiger partial charge < -0.3 is 5.32 Å². The summed E-state index contributed by atoms with van der Waals surface area (Å²) in [6.07, 6.45) is 1.11. The molecule has 0 aliphatic carbocycles. The van der Waals surface area contributed by atoms with Crippen LogP contribution in [0.5, 0.6) is 0 Å². The fourth-order valence-electron chi connectivity index (χ4n) is 2.47. The molecule has 0 radical (unpaired) electrons. The van der Waals surface area contributed by atoms with Crippen molar-refractivity contribution in [3.63, 3.8) is 0 Å². The lowest BCUT2D eigenvalue weighted by molar-refractivity contribution is 0.528. The zero-order valence-corrected chi connectivity index (χ0v) is 13.1. The average molecular weight is 285 g/mol. The van der Waals surface area contributed by atoms with Gasteiger partial charge >= 0.3 is 0 Å². The molecule has 0 aliphatic heterocycles. The number of benzene rings is 2. The topological polar surface area (TPSA) is 12.0 Å². The first kappa shape index (κ1) is 15.7. The van der Waals surface area contributed by atoms with Gasteiger partial charge in [0.2, 0.25) is 0 Å². The van der Waals surface area contributed by atoms with Gasteiger partial charge in [-0.05, 0) is 36.5 Å². The molecule has 2 rings (SSSR count). The molecule has 21 heavy (non-hydrogen) atoms. The van der Waals surface area contributed by atoms with Crippen LogP contribution in [-0.2, 0) is 13.0 Å². The van der Waals surface area contributed by atoms with E-state index in [1.165, 1.54) is 17.2 Å². The Balaban J connectivity index is 1.92. The van der Waals surface area contributed by atoms with Gasteiger partial charge in [0.15, 0.2) is 0 Å². The quantitative estimate of drug-likeness (QED) is 0.798. The Morgan fingerprint density at radius 3 is 2.14 bits per heavy atom. The fourth-order valence-corrected chi connectivity index (χ4v) is 2.47. The highest BCUT2D eigenvalue weighted by molar-refractivity contribution is 5.24. The first-order valence-corrected chi connectivity index (χ1v) is 7.62. The number of halogens is 1. The third-order valence-corrected chi connectivity index (χ3v) is 3.65. The molecule has 1 atom stereocenters. The van der Waals surface area contributed by atoms with Crippen molar-refractivity contribution in [1.82, 2.24) is 5.32 Å². The van der Waals surface area contributed by atoms with E-state index in [1.807, 2.05) is 19.1 Å². The minimum absolute atomic E-state index is 0.00143. The molecular formula is C19H24FN. The molecule has 0 aromatic heterocycles. The van der Waals surface area contributed by atoms with Gasteiger partial charge in [0.1, 0.15) is 5.82 Å². The largest absolute Gasteiger partial charge is 0.306 e. The molecule has 112 valence electrons. The number of rotatable bonds is 6. The molecule has 0 saturated heterocycles. The van der Waals surface area contributed by atoms with Crippen molar-refractivity contribution in [2.75, 3.05) is 0 Å². The Hall–Kier alpha value is -1.67. The molecule has 2 heteroatoms. The third-order valence-electron chi connectivity index (χ3n) is 3.65. The first-order chi connectivity index (χ1) is 10.1. The number of hydrogen-bond acceptors (Lipinski definition) is 1. The van der Waals surface area contributed by atoms with Gasteiger partial charge in [-0.2, -0.15) is 0 Å². The third kappa shape index (κ3) is 4.68. The van der Waals surface area contributed by atoms with Crippen molar-refractivity contribution in [2.24, 2.45) is 5.92 Å². The highest BCUT2D eigenvalue weighted by Crippen LogP contribution is 2.17. The van der Waals surface area contributed by atoms with Crippen molar-refractivity contribution in [3.05, 3.63) is 71.0 Å². The van der Waals surface area contributed by atoms with Crippen LogP contribution in [0.25, 0.3) is 0 Å². The van der Waals surface area contributed by atoms with E-state index >= 15 is 0 Å². The Morgan fingerprint density at radius 1 is 0.905 bits per heavy atom. The lowest BCUT2D eigenvalue weighted by atomic mass is 10.0. The van der Waals surface area contributed by atoms with Crippen molar-refractivity contribution < 1.29 is 4.39 Å². The number of hydrogen-bond donors (Lipinski definition) is 1. The molecule has 1 N–H and O–H groups in total. The maximum atomic E-state index is 13.7. The van der Waals surface area contributed by atoms with E-state index in [0.717, 1.165) is 13.0 Å². The molecule has 2 aromatic rings. The standard InChI is InChI=1S/C19H24FN/c1-14(2)12-16-8-10-17(11-9-16)13-21-15(3)18-6-4-5-7-19(18)20/h4-11,14-15,21H,12-13H2,1-3H3. The zero-order chi connectivity index (χ0) is 15.2. The van der Waals surface area contributed by atoms with Crippen LogP contribution in [0, 0.1) is 11.7 Å². The normalized spacial score (nSPS) is 12.6. The SMILES string of the molecule is CC(C)Cc1ccc(CNC(C)c2ccccc2F)cc1. The number of nitrogens with one attached hydrogen (secondary N) is 1. The van der Waals surface area contributed by atoms with Crippen molar-refractivity contribution in [1.29, 1.82) is 0 Å². The minimum atomic E-state index is -0.148. The highest BCUT2D eigenvalue weighted by Gasteiger charge is 2.09. The van der Waals surface area contributed by atoms with E-state index in [0.29, 0.717) is 11.5 Å². The van der Waals surface area contributed by atoms with Crippen LogP contribution in [0.1, 0.15) is 43.5 Å². The lowest BCUT2D eigenvalue weighted by Gasteiger charge is -2.15. The monoisotopic (exact) mass is 285 g/mol. The molecule has 2 aromatic carbocycles. The molecule has 1 nitrogen and oxygen atoms in total. The van der Waals surface area contributed by atoms with E-state index in [2.05, 4.69) is 43.4 Å². The van der Waals surface area contributed by atoms with Gasteiger partial charge in [0, 0.05) is 18.2 Å². The van der Waals surface area contributed by atoms with Gasteiger partial charge in [0.25, 0.3) is 0 Å². The maximum Gasteiger partial charge on any atom is 0.127 e. The van der Waals surface area contributed by atoms with Gasteiger partial charge in [-0.3, -0.25) is 0 Å². The van der Waals surface area contributed by atoms with Crippen LogP contribution >= 0.6 is 0 Å². The maximum absolute atomic E-state index is 13.7. The second kappa shape index (κ2) is 7.37. The van der Waals surface area contributed by atoms with E-state index in [4.69, 9.17) is 0 Å². The van der Waals surface area contributed by atoms with Crippen LogP contribution in [0.2, 0.25) is 0 Å². The summed E-state index contributed by atoms with van der Waals surface area (Å²) in [6.45, 7) is 7.19. The van der Waals surface area contributed by atoms with Crippen molar-refractivity contribution >= 4 is 0 Å². The predicted octanol–water partition coefficient (Wildman–Crippen LogP) is 4.88. The molecule has 0 spiro atoms. The molecule has 0 bridgehead atoms. The van der Waals surface area contributed by atoms with Crippen molar-refractivity contribution in [2.45, 2.75) is 39.8 Å². The summed E-state index contributed by atoms with van der Waals surface area (Å²) >= 11 is 0. The molecule has 0 fully saturated rings. The highest BCUT2D eigenvalue weighted by atomic mass is 19.1. The summed E-state index contributed by atoms with van der Waals surface area (Å²) in [6, 6.07) is 15.6. The van der Waals surface area contributed by atoms with Crippen LogP contribution in [0.3, 0.4) is 0 Å². The van der Waals surface area contributed by atoms with Crippen LogP contribution in [-0.4, -0.2) is 0 Å². The van der Waals surface area contributed by atoms with Crippen molar-refractivity contribution in [3.8, 4) is 0 Å². The lowest BCUT2D eigenvalue weighted by Crippen LogP contribution is -2.19. The van der Waals surface area contributed by atoms with Gasteiger partial charge in [0.05, 0.1) is 0 Å². The Bertz CT molecular complexity index is 560. The van der Waals surface area contributed by atoms with Gasteiger partial charge in [-0.25, -0.2) is 4.39 Å². The molecule has 1 unspecified atom stereocenters. The van der Waals surface area contributed by atoms with Gasteiger partial charge in [-0.1, -0.05) is 56.3 Å². The van der Waals surface area contributed by atoms with E-state index < -0.39 is 0 Å². The Kier molecular flexibility index (Phi) is 5.51. The smallest absolute Gasteiger partial charge is 0.127 e. The first-order valence-electron chi connectivity index (χ1n) is 7.62. The molecule has 0 amide bonds. The zero-order valence-electron chi connectivity index (χ0n) is 13.1. The summed E-state index contributed by atoms with van der Waals surface area (Å²) in [5.74, 6) is 0.528. The average Bonchev–Trinajstić information content (AvgIpc) is 2.46. The van der Waals surface area contributed by atoms with E-state index in [9.17, 15) is 4.39 Å². The van der Waals surface area contributed by atoms with E-state index in [-0.39, 0.29) is 11.9 Å². The van der Waals surface area contributed by atoms with Crippen LogP contribution in [0.15, 0.2) is 48.5 Å². The van der Waals surface area contributed by atoms with E-state index in [1.54, 1.807) is 6.07 Å². The second-order valence-electron chi connectivity index (χ2n) is 6.04. The molecular weight excluding hydrogens is 261 g/mol. The van der Waals surface area contributed by atoms with Gasteiger partial charge in [-0.15, -0.1) is 0 Å². The van der Waals surface area contributed by atoms with Crippen LogP contribution < -0.4 is 5.32 Å². The Labute approximate surface area is 127 Å². The molecule has 0 aliphatic rings. The summed E-state index contributed by atoms with van der Waals surface area (Å²) in [7, 11) is 0. The van der Waals surface area contributed by atoms with Crippen LogP contribution in [0.4, 0.5) is 4.39 Å². The molecule has 0 heterocycles. The fraction of sp³-hybridized carbons (Fsp3) is 0.368.